The van der Waals surface area contributed by atoms with Gasteiger partial charge in [0, 0.05) is 42.4 Å². The number of aliphatic hydroxyl groups is 1. The first-order chi connectivity index (χ1) is 27.1. The van der Waals surface area contributed by atoms with E-state index in [2.05, 4.69) is 36.4 Å². The van der Waals surface area contributed by atoms with Gasteiger partial charge in [-0.3, -0.25) is 4.79 Å². The van der Waals surface area contributed by atoms with Crippen LogP contribution in [0.5, 0.6) is 5.75 Å². The summed E-state index contributed by atoms with van der Waals surface area (Å²) in [7, 11) is 1.55. The number of esters is 2. The average Bonchev–Trinajstić information content (AvgIpc) is 3.74. The number of carbonyl (C=O) groups excluding carboxylic acids is 2. The van der Waals surface area contributed by atoms with Crippen LogP contribution < -0.4 is 10.4 Å². The molecule has 2 bridgehead atoms. The Bertz CT molecular complexity index is 2120. The Morgan fingerprint density at radius 2 is 1.59 bits per heavy atom. The smallest absolute Gasteiger partial charge is 0.339 e. The molecule has 9 heteroatoms. The molecule has 3 aromatic carbocycles. The molecule has 4 aliphatic rings. The van der Waals surface area contributed by atoms with E-state index in [4.69, 9.17) is 23.4 Å². The summed E-state index contributed by atoms with van der Waals surface area (Å²) < 4.78 is 31.6. The summed E-state index contributed by atoms with van der Waals surface area (Å²) in [6, 6.07) is 22.3. The maximum Gasteiger partial charge on any atom is 0.339 e. The topological polar surface area (TPSA) is 122 Å². The lowest BCUT2D eigenvalue weighted by Gasteiger charge is -2.48. The van der Waals surface area contributed by atoms with Crippen molar-refractivity contribution in [3.63, 3.8) is 0 Å². The van der Waals surface area contributed by atoms with Gasteiger partial charge in [0.25, 0.3) is 0 Å². The molecule has 1 N–H and O–H groups in total. The monoisotopic (exact) mass is 762 g/mol. The fourth-order valence-electron chi connectivity index (χ4n) is 9.13. The molecule has 296 valence electrons. The number of hydrogen-bond donors (Lipinski definition) is 1. The maximum atomic E-state index is 14.5. The van der Waals surface area contributed by atoms with Gasteiger partial charge in [0.1, 0.15) is 16.9 Å². The number of allylic oxidation sites excluding steroid dienone is 1. The van der Waals surface area contributed by atoms with Crippen LogP contribution in [0.4, 0.5) is 0 Å². The highest BCUT2D eigenvalue weighted by Crippen LogP contribution is 2.52. The van der Waals surface area contributed by atoms with Gasteiger partial charge < -0.3 is 28.5 Å². The van der Waals surface area contributed by atoms with E-state index in [0.717, 1.165) is 55.2 Å². The van der Waals surface area contributed by atoms with E-state index in [0.29, 0.717) is 52.7 Å². The van der Waals surface area contributed by atoms with Gasteiger partial charge in [0.05, 0.1) is 18.8 Å². The molecule has 9 nitrogen and oxygen atoms in total. The zero-order valence-electron chi connectivity index (χ0n) is 33.1. The van der Waals surface area contributed by atoms with Crippen LogP contribution in [-0.4, -0.2) is 42.5 Å². The second-order valence-electron chi connectivity index (χ2n) is 16.2. The second-order valence-corrected chi connectivity index (χ2v) is 16.2. The fraction of sp³-hybridized carbons (Fsp3) is 0.468. The number of rotatable bonds is 8. The van der Waals surface area contributed by atoms with Crippen molar-refractivity contribution in [3.05, 3.63) is 122 Å². The van der Waals surface area contributed by atoms with Gasteiger partial charge in [-0.25, -0.2) is 9.59 Å². The van der Waals surface area contributed by atoms with Crippen molar-refractivity contribution in [2.24, 2.45) is 11.8 Å². The Morgan fingerprint density at radius 3 is 2.29 bits per heavy atom. The SMILES string of the molecule is COCCc1c(CO)c2ccc3c(c2oc1=O)C1OC(=O)CC(CCc2ccccc2)Cc2ccc(cc2)CCC(=C(C)C)C(=O)OC1C(C)(C1CCCC1)O3. The highest BCUT2D eigenvalue weighted by molar-refractivity contribution is 5.90. The standard InChI is InChI=1S/C47H54O9/c1-29(2)35-21-20-31-14-17-32(18-15-31)26-33(19-16-30-10-6-5-7-11-30)27-40(49)53-43-41-39(56-47(3,34-12-8-9-13-34)44(43)55-45(35)50)23-22-36-38(28-48)37(24-25-52-4)46(51)54-42(36)41/h5-7,10-11,14-15,17-18,22-23,33-34,43-44,48H,8-9,12-13,16,19-21,24-28H2,1-4H3. The van der Waals surface area contributed by atoms with E-state index in [1.807, 2.05) is 39.0 Å². The van der Waals surface area contributed by atoms with Gasteiger partial charge in [-0.2, -0.15) is 0 Å². The molecule has 4 aromatic rings. The number of benzene rings is 3. The number of ether oxygens (including phenoxy) is 4. The third-order valence-electron chi connectivity index (χ3n) is 12.3. The largest absolute Gasteiger partial charge is 0.483 e. The number of methoxy groups -OCH3 is 1. The lowest BCUT2D eigenvalue weighted by Crippen LogP contribution is -2.58. The van der Waals surface area contributed by atoms with E-state index < -0.39 is 42.0 Å². The van der Waals surface area contributed by atoms with Crippen LogP contribution in [0, 0.1) is 11.8 Å². The normalized spacial score (nSPS) is 23.3. The molecule has 0 radical (unpaired) electrons. The van der Waals surface area contributed by atoms with Crippen LogP contribution in [0.2, 0.25) is 0 Å². The molecule has 0 saturated heterocycles. The maximum absolute atomic E-state index is 14.5. The number of aryl methyl sites for hydroxylation is 2. The molecule has 3 aliphatic heterocycles. The second kappa shape index (κ2) is 17.2. The molecule has 56 heavy (non-hydrogen) atoms. The number of hydrogen-bond acceptors (Lipinski definition) is 9. The van der Waals surface area contributed by atoms with Gasteiger partial charge in [-0.05, 0) is 106 Å². The van der Waals surface area contributed by atoms with Crippen LogP contribution >= 0.6 is 0 Å². The quantitative estimate of drug-likeness (QED) is 0.107. The minimum Gasteiger partial charge on any atom is -0.483 e. The van der Waals surface area contributed by atoms with Crippen molar-refractivity contribution < 1.29 is 38.1 Å². The van der Waals surface area contributed by atoms with Gasteiger partial charge >= 0.3 is 17.6 Å². The van der Waals surface area contributed by atoms with Crippen LogP contribution in [-0.2, 0) is 56.1 Å². The molecular weight excluding hydrogens is 709 g/mol. The third kappa shape index (κ3) is 8.21. The Balaban J connectivity index is 1.38. The Labute approximate surface area is 329 Å². The average molecular weight is 763 g/mol. The van der Waals surface area contributed by atoms with Crippen molar-refractivity contribution in [3.8, 4) is 5.75 Å². The van der Waals surface area contributed by atoms with Crippen molar-refractivity contribution in [1.29, 1.82) is 0 Å². The first-order valence-corrected chi connectivity index (χ1v) is 20.2. The minimum atomic E-state index is -1.16. The Hall–Kier alpha value is -4.73. The van der Waals surface area contributed by atoms with Gasteiger partial charge in [0.15, 0.2) is 12.2 Å². The molecule has 8 rings (SSSR count). The molecule has 0 amide bonds. The summed E-state index contributed by atoms with van der Waals surface area (Å²) in [4.78, 5) is 42.7. The highest BCUT2D eigenvalue weighted by atomic mass is 16.6. The van der Waals surface area contributed by atoms with Gasteiger partial charge in [-0.15, -0.1) is 0 Å². The van der Waals surface area contributed by atoms with Crippen molar-refractivity contribution in [2.45, 2.75) is 116 Å². The molecule has 0 spiro atoms. The summed E-state index contributed by atoms with van der Waals surface area (Å²) in [5.41, 5.74) is 4.33. The Morgan fingerprint density at radius 1 is 0.857 bits per heavy atom. The summed E-state index contributed by atoms with van der Waals surface area (Å²) in [6.07, 6.45) is 5.21. The molecule has 1 saturated carbocycles. The molecule has 1 aromatic heterocycles. The van der Waals surface area contributed by atoms with Crippen LogP contribution in [0.15, 0.2) is 87.1 Å². The molecule has 1 fully saturated rings. The van der Waals surface area contributed by atoms with E-state index in [1.54, 1.807) is 19.2 Å². The van der Waals surface area contributed by atoms with Crippen LogP contribution in [0.25, 0.3) is 11.0 Å². The van der Waals surface area contributed by atoms with Crippen molar-refractivity contribution in [1.82, 2.24) is 0 Å². The van der Waals surface area contributed by atoms with Crippen molar-refractivity contribution in [2.75, 3.05) is 13.7 Å². The summed E-state index contributed by atoms with van der Waals surface area (Å²) in [5, 5.41) is 11.1. The third-order valence-corrected chi connectivity index (χ3v) is 12.3. The summed E-state index contributed by atoms with van der Waals surface area (Å²) >= 11 is 0. The number of aliphatic hydroxyl groups excluding tert-OH is 1. The first kappa shape index (κ1) is 39.5. The fourth-order valence-corrected chi connectivity index (χ4v) is 9.13. The first-order valence-electron chi connectivity index (χ1n) is 20.2. The number of fused-ring (bicyclic) bond motifs is 13. The van der Waals surface area contributed by atoms with Gasteiger partial charge in [0.2, 0.25) is 0 Å². The van der Waals surface area contributed by atoms with Crippen LogP contribution in [0.1, 0.15) is 105 Å². The molecule has 1 aliphatic carbocycles. The molecule has 4 atom stereocenters. The highest BCUT2D eigenvalue weighted by Gasteiger charge is 2.57. The van der Waals surface area contributed by atoms with Crippen LogP contribution in [0.3, 0.4) is 0 Å². The number of carbonyl (C=O) groups is 2. The predicted octanol–water partition coefficient (Wildman–Crippen LogP) is 8.48. The molecule has 4 unspecified atom stereocenters. The molecular formula is C47H54O9. The lowest BCUT2D eigenvalue weighted by atomic mass is 9.76. The zero-order valence-corrected chi connectivity index (χ0v) is 33.1. The Kier molecular flexibility index (Phi) is 12.1. The van der Waals surface area contributed by atoms with E-state index in [9.17, 15) is 19.5 Å². The van der Waals surface area contributed by atoms with Gasteiger partial charge in [-0.1, -0.05) is 73.0 Å². The lowest BCUT2D eigenvalue weighted by molar-refractivity contribution is -0.199. The van der Waals surface area contributed by atoms with Crippen molar-refractivity contribution >= 4 is 22.9 Å². The van der Waals surface area contributed by atoms with E-state index in [-0.39, 0.29) is 36.9 Å². The summed E-state index contributed by atoms with van der Waals surface area (Å²) in [6.45, 7) is 5.62. The minimum absolute atomic E-state index is 0.000820. The zero-order chi connectivity index (χ0) is 39.4. The molecule has 4 heterocycles. The predicted molar refractivity (Wildman–Crippen MR) is 213 cm³/mol. The van der Waals surface area contributed by atoms with E-state index in [1.165, 1.54) is 5.56 Å². The van der Waals surface area contributed by atoms with E-state index >= 15 is 0 Å². The summed E-state index contributed by atoms with van der Waals surface area (Å²) in [5.74, 6) is -0.587.